The van der Waals surface area contributed by atoms with Crippen LogP contribution >= 0.6 is 0 Å². The van der Waals surface area contributed by atoms with Crippen molar-refractivity contribution >= 4 is 17.0 Å². The van der Waals surface area contributed by atoms with Crippen LogP contribution in [-0.4, -0.2) is 9.55 Å². The number of hydrogen-bond acceptors (Lipinski definition) is 2. The monoisotopic (exact) mass is 279 g/mol. The highest BCUT2D eigenvalue weighted by molar-refractivity contribution is 5.79. The lowest BCUT2D eigenvalue weighted by molar-refractivity contribution is 0.334. The molecule has 1 aromatic heterocycles. The standard InChI is InChI=1S/C15H19F2N3/c1-3-9-4-7-12(8(9)2)20-14-11(19-15(20)18)6-5-10(16)13(14)17/h5-6,8-9,12H,3-4,7H2,1-2H3,(H2,18,19). The van der Waals surface area contributed by atoms with Crippen LogP contribution in [0.25, 0.3) is 11.0 Å². The molecule has 1 aliphatic carbocycles. The average Bonchev–Trinajstić information content (AvgIpc) is 2.94. The fourth-order valence-corrected chi connectivity index (χ4v) is 3.64. The van der Waals surface area contributed by atoms with Crippen LogP contribution in [0.4, 0.5) is 14.7 Å². The number of aromatic nitrogens is 2. The first-order chi connectivity index (χ1) is 9.54. The molecule has 3 atom stereocenters. The fourth-order valence-electron chi connectivity index (χ4n) is 3.64. The predicted octanol–water partition coefficient (Wildman–Crippen LogP) is 3.89. The van der Waals surface area contributed by atoms with E-state index in [9.17, 15) is 8.78 Å². The molecule has 3 rings (SSSR count). The summed E-state index contributed by atoms with van der Waals surface area (Å²) in [7, 11) is 0. The average molecular weight is 279 g/mol. The number of imidazole rings is 1. The van der Waals surface area contributed by atoms with Crippen molar-refractivity contribution in [2.75, 3.05) is 5.73 Å². The Morgan fingerprint density at radius 1 is 1.35 bits per heavy atom. The van der Waals surface area contributed by atoms with Gasteiger partial charge in [-0.3, -0.25) is 0 Å². The van der Waals surface area contributed by atoms with Gasteiger partial charge in [0.05, 0.1) is 5.52 Å². The van der Waals surface area contributed by atoms with E-state index in [1.54, 1.807) is 4.57 Å². The lowest BCUT2D eigenvalue weighted by Crippen LogP contribution is -2.18. The van der Waals surface area contributed by atoms with E-state index in [-0.39, 0.29) is 17.5 Å². The van der Waals surface area contributed by atoms with Crippen LogP contribution in [0.5, 0.6) is 0 Å². The minimum Gasteiger partial charge on any atom is -0.369 e. The lowest BCUT2D eigenvalue weighted by Gasteiger charge is -2.22. The molecule has 1 heterocycles. The van der Waals surface area contributed by atoms with Crippen LogP contribution in [0.1, 0.15) is 39.2 Å². The van der Waals surface area contributed by atoms with Gasteiger partial charge in [0.2, 0.25) is 5.95 Å². The van der Waals surface area contributed by atoms with E-state index >= 15 is 0 Å². The summed E-state index contributed by atoms with van der Waals surface area (Å²) in [5, 5.41) is 0. The number of nitrogens with two attached hydrogens (primary N) is 1. The maximum absolute atomic E-state index is 14.1. The zero-order chi connectivity index (χ0) is 14.4. The largest absolute Gasteiger partial charge is 0.369 e. The van der Waals surface area contributed by atoms with E-state index in [1.807, 2.05) is 0 Å². The zero-order valence-electron chi connectivity index (χ0n) is 11.7. The number of hydrogen-bond donors (Lipinski definition) is 1. The van der Waals surface area contributed by atoms with E-state index in [0.717, 1.165) is 25.3 Å². The predicted molar refractivity (Wildman–Crippen MR) is 75.3 cm³/mol. The summed E-state index contributed by atoms with van der Waals surface area (Å²) in [5.41, 5.74) is 6.59. The van der Waals surface area contributed by atoms with Crippen LogP contribution in [-0.2, 0) is 0 Å². The molecular formula is C15H19F2N3. The second kappa shape index (κ2) is 4.72. The molecule has 0 spiro atoms. The number of anilines is 1. The first-order valence-corrected chi connectivity index (χ1v) is 7.16. The van der Waals surface area contributed by atoms with Gasteiger partial charge >= 0.3 is 0 Å². The number of nitrogens with zero attached hydrogens (tertiary/aromatic N) is 2. The van der Waals surface area contributed by atoms with Crippen molar-refractivity contribution in [2.24, 2.45) is 11.8 Å². The molecule has 2 N–H and O–H groups in total. The second-order valence-electron chi connectivity index (χ2n) is 5.74. The normalized spacial score (nSPS) is 26.5. The van der Waals surface area contributed by atoms with E-state index in [2.05, 4.69) is 18.8 Å². The van der Waals surface area contributed by atoms with Crippen LogP contribution in [0.15, 0.2) is 12.1 Å². The van der Waals surface area contributed by atoms with Crippen molar-refractivity contribution in [3.05, 3.63) is 23.8 Å². The van der Waals surface area contributed by atoms with Gasteiger partial charge < -0.3 is 10.3 Å². The third-order valence-electron chi connectivity index (χ3n) is 4.81. The second-order valence-corrected chi connectivity index (χ2v) is 5.74. The summed E-state index contributed by atoms with van der Waals surface area (Å²) in [6.07, 6.45) is 3.13. The van der Waals surface area contributed by atoms with Crippen LogP contribution in [0.3, 0.4) is 0 Å². The lowest BCUT2D eigenvalue weighted by atomic mass is 9.93. The molecule has 1 saturated carbocycles. The van der Waals surface area contributed by atoms with E-state index in [1.165, 1.54) is 6.07 Å². The molecule has 0 aliphatic heterocycles. The summed E-state index contributed by atoms with van der Waals surface area (Å²) >= 11 is 0. The van der Waals surface area contributed by atoms with Crippen LogP contribution in [0, 0.1) is 23.5 Å². The molecule has 2 aromatic rings. The Hall–Kier alpha value is -1.65. The Bertz CT molecular complexity index is 650. The van der Waals surface area contributed by atoms with Crippen molar-refractivity contribution in [3.8, 4) is 0 Å². The van der Waals surface area contributed by atoms with Gasteiger partial charge in [-0.25, -0.2) is 13.8 Å². The van der Waals surface area contributed by atoms with Gasteiger partial charge in [-0.2, -0.15) is 0 Å². The molecule has 1 fully saturated rings. The van der Waals surface area contributed by atoms with Crippen LogP contribution < -0.4 is 5.73 Å². The van der Waals surface area contributed by atoms with E-state index in [0.29, 0.717) is 17.4 Å². The number of rotatable bonds is 2. The molecule has 0 radical (unpaired) electrons. The molecule has 3 nitrogen and oxygen atoms in total. The highest BCUT2D eigenvalue weighted by Crippen LogP contribution is 2.44. The van der Waals surface area contributed by atoms with Gasteiger partial charge in [0.1, 0.15) is 5.52 Å². The Kier molecular flexibility index (Phi) is 3.15. The van der Waals surface area contributed by atoms with Gasteiger partial charge in [-0.05, 0) is 36.8 Å². The quantitative estimate of drug-likeness (QED) is 0.906. The zero-order valence-corrected chi connectivity index (χ0v) is 11.7. The van der Waals surface area contributed by atoms with Gasteiger partial charge in [0.15, 0.2) is 11.6 Å². The molecule has 3 unspecified atom stereocenters. The third kappa shape index (κ3) is 1.79. The molecular weight excluding hydrogens is 260 g/mol. The summed E-state index contributed by atoms with van der Waals surface area (Å²) in [6, 6.07) is 2.68. The Morgan fingerprint density at radius 3 is 2.75 bits per heavy atom. The SMILES string of the molecule is CCC1CCC(n2c(N)nc3ccc(F)c(F)c32)C1C. The Balaban J connectivity index is 2.16. The first-order valence-electron chi connectivity index (χ1n) is 7.16. The molecule has 1 aliphatic rings. The molecule has 5 heteroatoms. The fraction of sp³-hybridized carbons (Fsp3) is 0.533. The van der Waals surface area contributed by atoms with Gasteiger partial charge in [-0.15, -0.1) is 0 Å². The van der Waals surface area contributed by atoms with Crippen molar-refractivity contribution in [3.63, 3.8) is 0 Å². The Morgan fingerprint density at radius 2 is 2.10 bits per heavy atom. The number of halogens is 2. The molecule has 0 bridgehead atoms. The number of nitrogen functional groups attached to an aromatic ring is 1. The van der Waals surface area contributed by atoms with Gasteiger partial charge in [0, 0.05) is 6.04 Å². The van der Waals surface area contributed by atoms with Crippen molar-refractivity contribution in [1.29, 1.82) is 0 Å². The minimum atomic E-state index is -0.851. The van der Waals surface area contributed by atoms with Gasteiger partial charge in [-0.1, -0.05) is 20.3 Å². The van der Waals surface area contributed by atoms with Crippen LogP contribution in [0.2, 0.25) is 0 Å². The highest BCUT2D eigenvalue weighted by Gasteiger charge is 2.35. The maximum Gasteiger partial charge on any atom is 0.201 e. The van der Waals surface area contributed by atoms with Crippen molar-refractivity contribution < 1.29 is 8.78 Å². The number of fused-ring (bicyclic) bond motifs is 1. The third-order valence-corrected chi connectivity index (χ3v) is 4.81. The molecule has 0 amide bonds. The maximum atomic E-state index is 14.1. The molecule has 0 saturated heterocycles. The van der Waals surface area contributed by atoms with E-state index in [4.69, 9.17) is 5.73 Å². The topological polar surface area (TPSA) is 43.8 Å². The highest BCUT2D eigenvalue weighted by atomic mass is 19.2. The summed E-state index contributed by atoms with van der Waals surface area (Å²) < 4.78 is 29.4. The first kappa shape index (κ1) is 13.3. The minimum absolute atomic E-state index is 0.0984. The van der Waals surface area contributed by atoms with E-state index < -0.39 is 11.6 Å². The molecule has 108 valence electrons. The van der Waals surface area contributed by atoms with Crippen molar-refractivity contribution in [1.82, 2.24) is 9.55 Å². The summed E-state index contributed by atoms with van der Waals surface area (Å²) in [6.45, 7) is 4.33. The summed E-state index contributed by atoms with van der Waals surface area (Å²) in [5.74, 6) is -0.427. The van der Waals surface area contributed by atoms with Crippen molar-refractivity contribution in [2.45, 2.75) is 39.2 Å². The smallest absolute Gasteiger partial charge is 0.201 e. The number of benzene rings is 1. The van der Waals surface area contributed by atoms with Gasteiger partial charge in [0.25, 0.3) is 0 Å². The molecule has 1 aromatic carbocycles. The molecule has 20 heavy (non-hydrogen) atoms. The summed E-state index contributed by atoms with van der Waals surface area (Å²) in [4.78, 5) is 4.18. The Labute approximate surface area is 116 Å².